The van der Waals surface area contributed by atoms with Gasteiger partial charge in [-0.15, -0.1) is 0 Å². The molecule has 0 saturated heterocycles. The highest BCUT2D eigenvalue weighted by atomic mass is 16.5. The maximum absolute atomic E-state index is 14.2. The average Bonchev–Trinajstić information content (AvgIpc) is 2.78. The summed E-state index contributed by atoms with van der Waals surface area (Å²) < 4.78 is 10.6. The Bertz CT molecular complexity index is 1040. The number of hydrogen-bond acceptors (Lipinski definition) is 5. The average molecular weight is 437 g/mol. The zero-order valence-corrected chi connectivity index (χ0v) is 19.3. The molecule has 0 aliphatic heterocycles. The molecule has 1 fully saturated rings. The Balaban J connectivity index is 1.90. The first-order valence-corrected chi connectivity index (χ1v) is 11.2. The van der Waals surface area contributed by atoms with Gasteiger partial charge in [-0.2, -0.15) is 0 Å². The largest absolute Gasteiger partial charge is 0.504 e. The van der Waals surface area contributed by atoms with Crippen molar-refractivity contribution in [3.05, 3.63) is 59.2 Å². The van der Waals surface area contributed by atoms with Crippen LogP contribution in [0.4, 0.5) is 0 Å². The lowest BCUT2D eigenvalue weighted by Gasteiger charge is -2.52. The molecule has 0 radical (unpaired) electrons. The number of hydrogen-bond donors (Lipinski definition) is 2. The minimum absolute atomic E-state index is 0.0117. The van der Waals surface area contributed by atoms with E-state index in [-0.39, 0.29) is 58.0 Å². The zero-order chi connectivity index (χ0) is 23.2. The van der Waals surface area contributed by atoms with E-state index in [1.54, 1.807) is 0 Å². The van der Waals surface area contributed by atoms with Crippen LogP contribution in [-0.2, 0) is 0 Å². The predicted octanol–water partition coefficient (Wildman–Crippen LogP) is 5.57. The van der Waals surface area contributed by atoms with Gasteiger partial charge in [0.1, 0.15) is 11.3 Å². The summed E-state index contributed by atoms with van der Waals surface area (Å²) in [7, 11) is 2.78. The van der Waals surface area contributed by atoms with Crippen molar-refractivity contribution in [2.45, 2.75) is 33.1 Å². The molecule has 5 heteroatoms. The second-order valence-electron chi connectivity index (χ2n) is 9.42. The molecule has 3 aliphatic rings. The Hall–Kier alpha value is -2.95. The zero-order valence-electron chi connectivity index (χ0n) is 19.3. The number of fused-ring (bicyclic) bond motifs is 2. The van der Waals surface area contributed by atoms with E-state index in [1.165, 1.54) is 25.9 Å². The van der Waals surface area contributed by atoms with Crippen molar-refractivity contribution in [3.63, 3.8) is 0 Å². The Morgan fingerprint density at radius 1 is 1.09 bits per heavy atom. The van der Waals surface area contributed by atoms with E-state index in [0.29, 0.717) is 11.8 Å². The number of benzene rings is 2. The SMILES string of the molecule is COc1cc(O)c(OC)c(O)c1C(=O)[C@@H]1[C@@H]2C=C(C)[C@@H](C[C@H]2C(C)C)[C@H]1c1ccccc1. The molecule has 0 spiro atoms. The molecule has 0 unspecified atom stereocenters. The highest BCUT2D eigenvalue weighted by Gasteiger charge is 2.52. The second-order valence-corrected chi connectivity index (χ2v) is 9.42. The fraction of sp³-hybridized carbons (Fsp3) is 0.444. The molecular formula is C27H32O5. The number of ketones is 1. The quantitative estimate of drug-likeness (QED) is 0.458. The van der Waals surface area contributed by atoms with Crippen LogP contribution in [0.5, 0.6) is 23.0 Å². The molecule has 170 valence electrons. The van der Waals surface area contributed by atoms with Gasteiger partial charge < -0.3 is 19.7 Å². The smallest absolute Gasteiger partial charge is 0.203 e. The van der Waals surface area contributed by atoms with Gasteiger partial charge in [0.2, 0.25) is 5.75 Å². The van der Waals surface area contributed by atoms with Gasteiger partial charge in [0, 0.05) is 17.9 Å². The number of phenolic OH excluding ortho intramolecular Hbond substituents is 2. The number of carbonyl (C=O) groups excluding carboxylic acids is 1. The van der Waals surface area contributed by atoms with Crippen molar-refractivity contribution >= 4 is 5.78 Å². The van der Waals surface area contributed by atoms with Crippen molar-refractivity contribution in [3.8, 4) is 23.0 Å². The van der Waals surface area contributed by atoms with E-state index in [1.807, 2.05) is 18.2 Å². The number of ether oxygens (including phenoxy) is 2. The molecule has 5 nitrogen and oxygen atoms in total. The van der Waals surface area contributed by atoms with Crippen LogP contribution < -0.4 is 9.47 Å². The van der Waals surface area contributed by atoms with Crippen LogP contribution in [0.15, 0.2) is 48.0 Å². The van der Waals surface area contributed by atoms with Crippen molar-refractivity contribution < 1.29 is 24.5 Å². The van der Waals surface area contributed by atoms with Crippen molar-refractivity contribution in [2.24, 2.45) is 29.6 Å². The molecule has 3 aliphatic carbocycles. The Morgan fingerprint density at radius 3 is 2.38 bits per heavy atom. The summed E-state index contributed by atoms with van der Waals surface area (Å²) in [6.07, 6.45) is 3.33. The molecule has 5 atom stereocenters. The minimum Gasteiger partial charge on any atom is -0.504 e. The van der Waals surface area contributed by atoms with Gasteiger partial charge in [-0.1, -0.05) is 55.8 Å². The number of methoxy groups -OCH3 is 2. The standard InChI is InChI=1S/C27H32O5/c1-14(2)17-12-18-15(3)11-19(17)23(22(18)16-9-7-6-8-10-16)25(29)24-21(31-4)13-20(28)27(32-5)26(24)30/h6-11,13-14,17-19,22-23,28,30H,12H2,1-5H3/t17-,18+,19+,22+,23+/m0/s1. The lowest BCUT2D eigenvalue weighted by molar-refractivity contribution is 0.0523. The van der Waals surface area contributed by atoms with E-state index in [0.717, 1.165) is 12.0 Å². The first-order valence-electron chi connectivity index (χ1n) is 11.2. The maximum Gasteiger partial charge on any atom is 0.203 e. The Labute approximate surface area is 189 Å². The third-order valence-corrected chi connectivity index (χ3v) is 7.51. The highest BCUT2D eigenvalue weighted by molar-refractivity contribution is 6.05. The van der Waals surface area contributed by atoms with Gasteiger partial charge >= 0.3 is 0 Å². The van der Waals surface area contributed by atoms with E-state index in [4.69, 9.17) is 9.47 Å². The highest BCUT2D eigenvalue weighted by Crippen LogP contribution is 2.58. The summed E-state index contributed by atoms with van der Waals surface area (Å²) in [5, 5.41) is 21.2. The molecular weight excluding hydrogens is 404 g/mol. The molecule has 5 rings (SSSR count). The van der Waals surface area contributed by atoms with Crippen LogP contribution in [0, 0.1) is 29.6 Å². The molecule has 0 heterocycles. The van der Waals surface area contributed by atoms with Crippen molar-refractivity contribution in [1.29, 1.82) is 0 Å². The number of aromatic hydroxyl groups is 2. The van der Waals surface area contributed by atoms with E-state index < -0.39 is 0 Å². The molecule has 32 heavy (non-hydrogen) atoms. The fourth-order valence-corrected chi connectivity index (χ4v) is 6.03. The van der Waals surface area contributed by atoms with Crippen LogP contribution in [0.2, 0.25) is 0 Å². The Kier molecular flexibility index (Phi) is 5.93. The molecule has 2 aromatic rings. The molecule has 1 saturated carbocycles. The van der Waals surface area contributed by atoms with E-state index >= 15 is 0 Å². The summed E-state index contributed by atoms with van der Waals surface area (Å²) in [5.74, 6) is 0.0308. The fourth-order valence-electron chi connectivity index (χ4n) is 6.03. The van der Waals surface area contributed by atoms with Crippen molar-refractivity contribution in [2.75, 3.05) is 14.2 Å². The number of Topliss-reactive ketones (excluding diaryl/α,β-unsaturated/α-hetero) is 1. The van der Waals surface area contributed by atoms with Crippen LogP contribution in [0.1, 0.15) is 49.0 Å². The van der Waals surface area contributed by atoms with Gasteiger partial charge in [-0.3, -0.25) is 4.79 Å². The van der Waals surface area contributed by atoms with Gasteiger partial charge in [0.15, 0.2) is 17.3 Å². The van der Waals surface area contributed by atoms with Crippen LogP contribution in [-0.4, -0.2) is 30.2 Å². The van der Waals surface area contributed by atoms with Crippen LogP contribution in [0.25, 0.3) is 0 Å². The number of rotatable bonds is 6. The third-order valence-electron chi connectivity index (χ3n) is 7.51. The van der Waals surface area contributed by atoms with E-state index in [2.05, 4.69) is 39.0 Å². The lowest BCUT2D eigenvalue weighted by atomic mass is 9.51. The Morgan fingerprint density at radius 2 is 1.78 bits per heavy atom. The normalized spacial score (nSPS) is 26.7. The number of allylic oxidation sites excluding steroid dienone is 2. The molecule has 0 aromatic heterocycles. The first kappa shape index (κ1) is 22.3. The van der Waals surface area contributed by atoms with Gasteiger partial charge in [-0.25, -0.2) is 0 Å². The maximum atomic E-state index is 14.2. The van der Waals surface area contributed by atoms with Gasteiger partial charge in [0.05, 0.1) is 14.2 Å². The predicted molar refractivity (Wildman–Crippen MR) is 124 cm³/mol. The summed E-state index contributed by atoms with van der Waals surface area (Å²) in [6, 6.07) is 11.5. The summed E-state index contributed by atoms with van der Waals surface area (Å²) >= 11 is 0. The molecule has 0 amide bonds. The minimum atomic E-state index is -0.371. The number of carbonyl (C=O) groups is 1. The van der Waals surface area contributed by atoms with Crippen LogP contribution >= 0.6 is 0 Å². The van der Waals surface area contributed by atoms with Crippen molar-refractivity contribution in [1.82, 2.24) is 0 Å². The van der Waals surface area contributed by atoms with Gasteiger partial charge in [-0.05, 0) is 42.6 Å². The van der Waals surface area contributed by atoms with E-state index in [9.17, 15) is 15.0 Å². The van der Waals surface area contributed by atoms with Gasteiger partial charge in [0.25, 0.3) is 0 Å². The molecule has 2 aromatic carbocycles. The summed E-state index contributed by atoms with van der Waals surface area (Å²) in [5.41, 5.74) is 2.55. The summed E-state index contributed by atoms with van der Waals surface area (Å²) in [4.78, 5) is 14.2. The second kappa shape index (κ2) is 8.53. The molecule has 2 bridgehead atoms. The monoisotopic (exact) mass is 436 g/mol. The lowest BCUT2D eigenvalue weighted by Crippen LogP contribution is -2.47. The number of phenols is 2. The topological polar surface area (TPSA) is 76.0 Å². The van der Waals surface area contributed by atoms with Crippen LogP contribution in [0.3, 0.4) is 0 Å². The third kappa shape index (κ3) is 3.44. The molecule has 2 N–H and O–H groups in total. The first-order chi connectivity index (χ1) is 15.3. The summed E-state index contributed by atoms with van der Waals surface area (Å²) in [6.45, 7) is 6.61.